The first-order valence-electron chi connectivity index (χ1n) is 18.9. The zero-order valence-corrected chi connectivity index (χ0v) is 30.3. The number of nitrogens with zero attached hydrogens (tertiary/aromatic N) is 5. The first-order valence-corrected chi connectivity index (χ1v) is 18.9. The van der Waals surface area contributed by atoms with E-state index in [1.807, 2.05) is 24.3 Å². The van der Waals surface area contributed by atoms with Crippen LogP contribution in [0.5, 0.6) is 0 Å². The summed E-state index contributed by atoms with van der Waals surface area (Å²) >= 11 is 0. The van der Waals surface area contributed by atoms with E-state index >= 15 is 0 Å². The Morgan fingerprint density at radius 1 is 0.268 bits per heavy atom. The molecule has 8 aromatic carbocycles. The minimum absolute atomic E-state index is 0.576. The van der Waals surface area contributed by atoms with E-state index in [0.717, 1.165) is 55.2 Å². The van der Waals surface area contributed by atoms with Crippen LogP contribution in [0, 0.1) is 0 Å². The predicted molar refractivity (Wildman–Crippen MR) is 230 cm³/mol. The van der Waals surface area contributed by atoms with Crippen LogP contribution in [0.25, 0.3) is 100 Å². The number of aromatic nitrogens is 5. The molecular formula is C51H33N5. The lowest BCUT2D eigenvalue weighted by molar-refractivity contribution is 0.954. The molecule has 3 aromatic heterocycles. The Balaban J connectivity index is 1.13. The van der Waals surface area contributed by atoms with Crippen LogP contribution in [0.4, 0.5) is 0 Å². The molecule has 0 saturated heterocycles. The Morgan fingerprint density at radius 3 is 1.18 bits per heavy atom. The topological polar surface area (TPSA) is 48.5 Å². The van der Waals surface area contributed by atoms with Crippen molar-refractivity contribution in [3.8, 4) is 56.7 Å². The Kier molecular flexibility index (Phi) is 7.42. The molecule has 0 spiro atoms. The van der Waals surface area contributed by atoms with Crippen LogP contribution in [0.15, 0.2) is 200 Å². The van der Waals surface area contributed by atoms with Crippen molar-refractivity contribution < 1.29 is 0 Å². The molecule has 0 radical (unpaired) electrons. The minimum atomic E-state index is 0.576. The van der Waals surface area contributed by atoms with Crippen LogP contribution in [-0.4, -0.2) is 24.1 Å². The molecule has 0 saturated carbocycles. The van der Waals surface area contributed by atoms with E-state index in [0.29, 0.717) is 17.6 Å². The summed E-state index contributed by atoms with van der Waals surface area (Å²) in [7, 11) is 0. The maximum atomic E-state index is 5.24. The van der Waals surface area contributed by atoms with Gasteiger partial charge in [0.05, 0.1) is 22.1 Å². The van der Waals surface area contributed by atoms with Gasteiger partial charge < -0.3 is 4.57 Å². The van der Waals surface area contributed by atoms with Crippen molar-refractivity contribution in [3.63, 3.8) is 0 Å². The van der Waals surface area contributed by atoms with Crippen LogP contribution in [-0.2, 0) is 0 Å². The maximum absolute atomic E-state index is 5.24. The summed E-state index contributed by atoms with van der Waals surface area (Å²) < 4.78 is 4.60. The van der Waals surface area contributed by atoms with E-state index in [4.69, 9.17) is 15.0 Å². The van der Waals surface area contributed by atoms with E-state index < -0.39 is 0 Å². The van der Waals surface area contributed by atoms with Crippen LogP contribution < -0.4 is 0 Å². The zero-order valence-electron chi connectivity index (χ0n) is 30.3. The molecule has 5 heteroatoms. The second kappa shape index (κ2) is 13.0. The average molecular weight is 716 g/mol. The Bertz CT molecular complexity index is 3200. The highest BCUT2D eigenvalue weighted by atomic mass is 15.2. The van der Waals surface area contributed by atoms with Crippen molar-refractivity contribution in [1.29, 1.82) is 0 Å². The SMILES string of the molecule is c1ccc(-c2ccc(-c3nc(-c4ccccc4)nc(-n4c5ccccc5c5cc6c(cc54)c4ccccc4n6-c4ccc(-c5ccccc5)cc4)n3)cc2)cc1. The largest absolute Gasteiger partial charge is 0.309 e. The first-order chi connectivity index (χ1) is 27.8. The van der Waals surface area contributed by atoms with Gasteiger partial charge in [0.2, 0.25) is 5.95 Å². The van der Waals surface area contributed by atoms with Crippen LogP contribution in [0.1, 0.15) is 0 Å². The fourth-order valence-corrected chi connectivity index (χ4v) is 8.11. The fourth-order valence-electron chi connectivity index (χ4n) is 8.11. The molecule has 11 rings (SSSR count). The summed E-state index contributed by atoms with van der Waals surface area (Å²) in [5.41, 5.74) is 12.1. The Morgan fingerprint density at radius 2 is 0.643 bits per heavy atom. The van der Waals surface area contributed by atoms with Gasteiger partial charge in [-0.3, -0.25) is 4.57 Å². The minimum Gasteiger partial charge on any atom is -0.309 e. The molecular weight excluding hydrogens is 683 g/mol. The summed E-state index contributed by atoms with van der Waals surface area (Å²) in [5, 5.41) is 4.62. The molecule has 0 amide bonds. The molecule has 0 aliphatic rings. The smallest absolute Gasteiger partial charge is 0.238 e. The third-order valence-corrected chi connectivity index (χ3v) is 10.8. The second-order valence-corrected chi connectivity index (χ2v) is 14.1. The quantitative estimate of drug-likeness (QED) is 0.172. The van der Waals surface area contributed by atoms with Gasteiger partial charge in [-0.2, -0.15) is 9.97 Å². The molecule has 0 fully saturated rings. The van der Waals surface area contributed by atoms with Crippen molar-refractivity contribution in [2.75, 3.05) is 0 Å². The lowest BCUT2D eigenvalue weighted by Gasteiger charge is -2.12. The van der Waals surface area contributed by atoms with E-state index in [1.54, 1.807) is 0 Å². The summed E-state index contributed by atoms with van der Waals surface area (Å²) in [6.45, 7) is 0. The van der Waals surface area contributed by atoms with Gasteiger partial charge in [0, 0.05) is 38.4 Å². The molecule has 0 bridgehead atoms. The zero-order chi connectivity index (χ0) is 37.0. The Hall–Kier alpha value is -7.63. The Labute approximate surface area is 323 Å². The standard InChI is InChI=1S/C51H33N5/c1-4-14-34(15-5-1)36-24-26-39(27-25-36)50-52-49(38-18-8-3-9-19-38)53-51(54-50)56-46-23-13-11-21-42(46)44-32-47-43(33-48(44)56)41-20-10-12-22-45(41)55(47)40-30-28-37(29-31-40)35-16-6-2-7-17-35/h1-33H. The summed E-state index contributed by atoms with van der Waals surface area (Å²) in [6.07, 6.45) is 0. The van der Waals surface area contributed by atoms with E-state index in [9.17, 15) is 0 Å². The van der Waals surface area contributed by atoms with Gasteiger partial charge in [-0.15, -0.1) is 0 Å². The van der Waals surface area contributed by atoms with Crippen molar-refractivity contribution in [2.24, 2.45) is 0 Å². The second-order valence-electron chi connectivity index (χ2n) is 14.1. The van der Waals surface area contributed by atoms with Crippen molar-refractivity contribution in [2.45, 2.75) is 0 Å². The van der Waals surface area contributed by atoms with Crippen molar-refractivity contribution >= 4 is 43.6 Å². The lowest BCUT2D eigenvalue weighted by Crippen LogP contribution is -2.06. The van der Waals surface area contributed by atoms with E-state index in [-0.39, 0.29) is 0 Å². The molecule has 0 aliphatic carbocycles. The molecule has 262 valence electrons. The van der Waals surface area contributed by atoms with Crippen LogP contribution >= 0.6 is 0 Å². The number of benzene rings is 8. The monoisotopic (exact) mass is 715 g/mol. The molecule has 3 heterocycles. The third kappa shape index (κ3) is 5.29. The van der Waals surface area contributed by atoms with Gasteiger partial charge in [0.1, 0.15) is 0 Å². The first kappa shape index (κ1) is 31.9. The van der Waals surface area contributed by atoms with Crippen LogP contribution in [0.3, 0.4) is 0 Å². The van der Waals surface area contributed by atoms with E-state index in [1.165, 1.54) is 27.5 Å². The number of para-hydroxylation sites is 2. The fraction of sp³-hybridized carbons (Fsp3) is 0. The number of hydrogen-bond donors (Lipinski definition) is 0. The molecule has 0 aliphatic heterocycles. The number of hydrogen-bond acceptors (Lipinski definition) is 3. The van der Waals surface area contributed by atoms with E-state index in [2.05, 4.69) is 185 Å². The molecule has 0 atom stereocenters. The summed E-state index contributed by atoms with van der Waals surface area (Å²) in [6, 6.07) is 70.4. The maximum Gasteiger partial charge on any atom is 0.238 e. The van der Waals surface area contributed by atoms with Crippen LogP contribution in [0.2, 0.25) is 0 Å². The molecule has 11 aromatic rings. The normalized spacial score (nSPS) is 11.6. The predicted octanol–water partition coefficient (Wildman–Crippen LogP) is 12.7. The molecule has 56 heavy (non-hydrogen) atoms. The highest BCUT2D eigenvalue weighted by Crippen LogP contribution is 2.40. The molecule has 0 unspecified atom stereocenters. The van der Waals surface area contributed by atoms with Gasteiger partial charge in [0.15, 0.2) is 11.6 Å². The number of fused-ring (bicyclic) bond motifs is 6. The summed E-state index contributed by atoms with van der Waals surface area (Å²) in [5.74, 6) is 1.82. The highest BCUT2D eigenvalue weighted by Gasteiger charge is 2.21. The molecule has 5 nitrogen and oxygen atoms in total. The van der Waals surface area contributed by atoms with Gasteiger partial charge in [-0.1, -0.05) is 164 Å². The van der Waals surface area contributed by atoms with Crippen molar-refractivity contribution in [3.05, 3.63) is 200 Å². The summed E-state index contributed by atoms with van der Waals surface area (Å²) in [4.78, 5) is 15.5. The highest BCUT2D eigenvalue weighted by molar-refractivity contribution is 6.19. The van der Waals surface area contributed by atoms with Gasteiger partial charge in [0.25, 0.3) is 0 Å². The lowest BCUT2D eigenvalue weighted by atomic mass is 10.0. The van der Waals surface area contributed by atoms with Crippen molar-refractivity contribution in [1.82, 2.24) is 24.1 Å². The molecule has 0 N–H and O–H groups in total. The number of rotatable bonds is 6. The third-order valence-electron chi connectivity index (χ3n) is 10.8. The van der Waals surface area contributed by atoms with Gasteiger partial charge >= 0.3 is 0 Å². The van der Waals surface area contributed by atoms with Gasteiger partial charge in [-0.05, 0) is 58.7 Å². The average Bonchev–Trinajstić information content (AvgIpc) is 3.78. The van der Waals surface area contributed by atoms with Gasteiger partial charge in [-0.25, -0.2) is 4.98 Å².